The van der Waals surface area contributed by atoms with Gasteiger partial charge in [0.2, 0.25) is 10.0 Å². The molecule has 0 radical (unpaired) electrons. The van der Waals surface area contributed by atoms with E-state index in [0.29, 0.717) is 5.92 Å². The van der Waals surface area contributed by atoms with Gasteiger partial charge in [-0.1, -0.05) is 26.7 Å². The quantitative estimate of drug-likeness (QED) is 0.731. The van der Waals surface area contributed by atoms with Gasteiger partial charge in [0.25, 0.3) is 0 Å². The third kappa shape index (κ3) is 4.56. The second-order valence-electron chi connectivity index (χ2n) is 5.57. The van der Waals surface area contributed by atoms with Gasteiger partial charge < -0.3 is 5.11 Å². The van der Waals surface area contributed by atoms with E-state index in [2.05, 4.69) is 4.72 Å². The highest BCUT2D eigenvalue weighted by molar-refractivity contribution is 7.89. The summed E-state index contributed by atoms with van der Waals surface area (Å²) < 4.78 is 26.1. The van der Waals surface area contributed by atoms with Crippen molar-refractivity contribution < 1.29 is 13.5 Å². The molecule has 0 amide bonds. The summed E-state index contributed by atoms with van der Waals surface area (Å²) in [4.78, 5) is 0. The Labute approximate surface area is 105 Å². The van der Waals surface area contributed by atoms with Gasteiger partial charge in [-0.2, -0.15) is 0 Å². The Morgan fingerprint density at radius 2 is 2.06 bits per heavy atom. The minimum absolute atomic E-state index is 0.0777. The van der Waals surface area contributed by atoms with Gasteiger partial charge in [-0.15, -0.1) is 0 Å². The van der Waals surface area contributed by atoms with Crippen LogP contribution in [0.25, 0.3) is 0 Å². The number of sulfonamides is 1. The molecule has 2 N–H and O–H groups in total. The minimum Gasteiger partial charge on any atom is -0.389 e. The maximum Gasteiger partial charge on any atom is 0.211 e. The Morgan fingerprint density at radius 1 is 1.47 bits per heavy atom. The van der Waals surface area contributed by atoms with Crippen LogP contribution in [0.2, 0.25) is 0 Å². The van der Waals surface area contributed by atoms with Crippen molar-refractivity contribution in [3.8, 4) is 0 Å². The van der Waals surface area contributed by atoms with Gasteiger partial charge >= 0.3 is 0 Å². The van der Waals surface area contributed by atoms with Crippen molar-refractivity contribution >= 4 is 10.0 Å². The van der Waals surface area contributed by atoms with E-state index in [1.165, 1.54) is 0 Å². The van der Waals surface area contributed by atoms with Crippen molar-refractivity contribution in [3.05, 3.63) is 0 Å². The molecule has 0 aliphatic heterocycles. The van der Waals surface area contributed by atoms with E-state index in [9.17, 15) is 13.5 Å². The SMILES string of the molecule is CCC(C)C(C)(O)CNS(=O)(=O)CC1CCC1. The molecular weight excluding hydrogens is 238 g/mol. The molecule has 0 saturated heterocycles. The molecule has 102 valence electrons. The first-order valence-corrected chi connectivity index (χ1v) is 8.12. The molecule has 1 aliphatic rings. The summed E-state index contributed by atoms with van der Waals surface area (Å²) in [6.07, 6.45) is 4.01. The average Bonchev–Trinajstić information content (AvgIpc) is 2.20. The predicted molar refractivity (Wildman–Crippen MR) is 69.2 cm³/mol. The number of rotatable bonds is 7. The van der Waals surface area contributed by atoms with E-state index < -0.39 is 15.6 Å². The lowest BCUT2D eigenvalue weighted by atomic mass is 9.87. The normalized spacial score (nSPS) is 22.8. The molecular formula is C12H25NO3S. The van der Waals surface area contributed by atoms with Crippen LogP contribution in [0.15, 0.2) is 0 Å². The molecule has 0 aromatic carbocycles. The van der Waals surface area contributed by atoms with Gasteiger partial charge in [0.1, 0.15) is 0 Å². The molecule has 2 unspecified atom stereocenters. The molecule has 17 heavy (non-hydrogen) atoms. The van der Waals surface area contributed by atoms with Crippen LogP contribution in [0.4, 0.5) is 0 Å². The highest BCUT2D eigenvalue weighted by Gasteiger charge is 2.30. The van der Waals surface area contributed by atoms with E-state index >= 15 is 0 Å². The molecule has 1 fully saturated rings. The molecule has 0 spiro atoms. The summed E-state index contributed by atoms with van der Waals surface area (Å²) in [6, 6.07) is 0. The van der Waals surface area contributed by atoms with Gasteiger partial charge in [0.05, 0.1) is 11.4 Å². The lowest BCUT2D eigenvalue weighted by molar-refractivity contribution is 0.0102. The van der Waals surface area contributed by atoms with Crippen LogP contribution in [0.3, 0.4) is 0 Å². The molecule has 0 heterocycles. The molecule has 0 aromatic rings. The molecule has 1 rings (SSSR count). The fourth-order valence-electron chi connectivity index (χ4n) is 1.90. The Bertz CT molecular complexity index is 334. The Hall–Kier alpha value is -0.130. The van der Waals surface area contributed by atoms with E-state index in [4.69, 9.17) is 0 Å². The van der Waals surface area contributed by atoms with Gasteiger partial charge in [-0.3, -0.25) is 0 Å². The molecule has 1 saturated carbocycles. The van der Waals surface area contributed by atoms with Crippen molar-refractivity contribution in [2.45, 2.75) is 52.1 Å². The van der Waals surface area contributed by atoms with Crippen molar-refractivity contribution in [3.63, 3.8) is 0 Å². The summed E-state index contributed by atoms with van der Waals surface area (Å²) in [7, 11) is -3.23. The number of hydrogen-bond acceptors (Lipinski definition) is 3. The maximum atomic E-state index is 11.8. The van der Waals surface area contributed by atoms with Gasteiger partial charge in [-0.25, -0.2) is 13.1 Å². The van der Waals surface area contributed by atoms with Gasteiger partial charge in [-0.05, 0) is 31.6 Å². The number of hydrogen-bond donors (Lipinski definition) is 2. The first-order valence-electron chi connectivity index (χ1n) is 6.46. The third-order valence-electron chi connectivity index (χ3n) is 4.00. The van der Waals surface area contributed by atoms with Crippen molar-refractivity contribution in [2.75, 3.05) is 12.3 Å². The summed E-state index contributed by atoms with van der Waals surface area (Å²) in [6.45, 7) is 5.71. The lowest BCUT2D eigenvalue weighted by Gasteiger charge is -2.30. The van der Waals surface area contributed by atoms with Crippen LogP contribution in [-0.4, -0.2) is 31.4 Å². The van der Waals surface area contributed by atoms with E-state index in [1.807, 2.05) is 13.8 Å². The summed E-state index contributed by atoms with van der Waals surface area (Å²) in [5, 5.41) is 10.1. The van der Waals surface area contributed by atoms with E-state index in [0.717, 1.165) is 25.7 Å². The summed E-state index contributed by atoms with van der Waals surface area (Å²) >= 11 is 0. The second-order valence-corrected chi connectivity index (χ2v) is 7.42. The molecule has 5 heteroatoms. The average molecular weight is 263 g/mol. The molecule has 4 nitrogen and oxygen atoms in total. The van der Waals surface area contributed by atoms with Crippen LogP contribution in [-0.2, 0) is 10.0 Å². The molecule has 0 aromatic heterocycles. The maximum absolute atomic E-state index is 11.8. The first-order chi connectivity index (χ1) is 7.77. The van der Waals surface area contributed by atoms with E-state index in [-0.39, 0.29) is 18.2 Å². The standard InChI is InChI=1S/C12H25NO3S/c1-4-10(2)12(3,14)9-13-17(15,16)8-11-6-5-7-11/h10-11,13-14H,4-9H2,1-3H3. The van der Waals surface area contributed by atoms with Crippen LogP contribution in [0.1, 0.15) is 46.5 Å². The first kappa shape index (κ1) is 14.9. The largest absolute Gasteiger partial charge is 0.389 e. The Kier molecular flexibility index (Phi) is 4.98. The zero-order chi connectivity index (χ0) is 13.1. The highest BCUT2D eigenvalue weighted by atomic mass is 32.2. The smallest absolute Gasteiger partial charge is 0.211 e. The van der Waals surface area contributed by atoms with Crippen LogP contribution in [0.5, 0.6) is 0 Å². The zero-order valence-corrected chi connectivity index (χ0v) is 11.9. The number of nitrogens with one attached hydrogen (secondary N) is 1. The van der Waals surface area contributed by atoms with Crippen LogP contribution < -0.4 is 4.72 Å². The van der Waals surface area contributed by atoms with Crippen molar-refractivity contribution in [2.24, 2.45) is 11.8 Å². The topological polar surface area (TPSA) is 66.4 Å². The molecule has 1 aliphatic carbocycles. The Morgan fingerprint density at radius 3 is 2.47 bits per heavy atom. The monoisotopic (exact) mass is 263 g/mol. The van der Waals surface area contributed by atoms with Crippen LogP contribution >= 0.6 is 0 Å². The highest BCUT2D eigenvalue weighted by Crippen LogP contribution is 2.27. The number of aliphatic hydroxyl groups is 1. The Balaban J connectivity index is 2.42. The lowest BCUT2D eigenvalue weighted by Crippen LogP contribution is -2.46. The van der Waals surface area contributed by atoms with Crippen LogP contribution in [0, 0.1) is 11.8 Å². The van der Waals surface area contributed by atoms with E-state index in [1.54, 1.807) is 6.92 Å². The molecule has 2 atom stereocenters. The van der Waals surface area contributed by atoms with Crippen molar-refractivity contribution in [1.82, 2.24) is 4.72 Å². The third-order valence-corrected chi connectivity index (χ3v) is 5.50. The van der Waals surface area contributed by atoms with Gasteiger partial charge in [0.15, 0.2) is 0 Å². The molecule has 0 bridgehead atoms. The fraction of sp³-hybridized carbons (Fsp3) is 1.00. The second kappa shape index (κ2) is 5.67. The summed E-state index contributed by atoms with van der Waals surface area (Å²) in [5.74, 6) is 0.610. The van der Waals surface area contributed by atoms with Gasteiger partial charge in [0, 0.05) is 6.54 Å². The minimum atomic E-state index is -3.23. The summed E-state index contributed by atoms with van der Waals surface area (Å²) in [5.41, 5.74) is -0.971. The fourth-order valence-corrected chi connectivity index (χ4v) is 3.48. The van der Waals surface area contributed by atoms with Crippen molar-refractivity contribution in [1.29, 1.82) is 0 Å². The predicted octanol–water partition coefficient (Wildman–Crippen LogP) is 1.50. The zero-order valence-electron chi connectivity index (χ0n) is 11.1.